The lowest BCUT2D eigenvalue weighted by Gasteiger charge is -2.17. The Kier molecular flexibility index (Phi) is 2.43. The van der Waals surface area contributed by atoms with Crippen molar-refractivity contribution in [3.8, 4) is 11.1 Å². The van der Waals surface area contributed by atoms with Gasteiger partial charge in [-0.25, -0.2) is 0 Å². The molecule has 16 heavy (non-hydrogen) atoms. The van der Waals surface area contributed by atoms with Crippen molar-refractivity contribution < 1.29 is 0 Å². The minimum absolute atomic E-state index is 0.990. The Hall–Kier alpha value is -1.67. The van der Waals surface area contributed by atoms with Crippen molar-refractivity contribution in [3.05, 3.63) is 53.9 Å². The van der Waals surface area contributed by atoms with Crippen molar-refractivity contribution in [2.45, 2.75) is 13.0 Å². The predicted octanol–water partition coefficient (Wildman–Crippen LogP) is 2.39. The fourth-order valence-electron chi connectivity index (χ4n) is 2.19. The van der Waals surface area contributed by atoms with Gasteiger partial charge in [0, 0.05) is 18.9 Å². The van der Waals surface area contributed by atoms with Crippen LogP contribution in [0.25, 0.3) is 11.1 Å². The largest absolute Gasteiger partial charge is 0.312 e. The number of rotatable bonds is 1. The van der Waals surface area contributed by atoms with E-state index in [2.05, 4.69) is 34.6 Å². The van der Waals surface area contributed by atoms with E-state index in [9.17, 15) is 0 Å². The maximum absolute atomic E-state index is 4.16. The number of nitrogens with one attached hydrogen (secondary N) is 1. The smallest absolute Gasteiger partial charge is 0.0346 e. The number of pyridine rings is 1. The van der Waals surface area contributed by atoms with Gasteiger partial charge >= 0.3 is 0 Å². The van der Waals surface area contributed by atoms with Gasteiger partial charge in [-0.3, -0.25) is 4.98 Å². The molecule has 80 valence electrons. The summed E-state index contributed by atoms with van der Waals surface area (Å²) in [6.45, 7) is 2.09. The van der Waals surface area contributed by atoms with Crippen LogP contribution in [0.2, 0.25) is 0 Å². The molecule has 0 bridgehead atoms. The lowest BCUT2D eigenvalue weighted by atomic mass is 9.96. The minimum atomic E-state index is 0.990. The van der Waals surface area contributed by atoms with Crippen molar-refractivity contribution in [2.75, 3.05) is 6.54 Å². The van der Waals surface area contributed by atoms with Crippen LogP contribution in [-0.2, 0) is 13.0 Å². The molecule has 2 nitrogen and oxygen atoms in total. The maximum Gasteiger partial charge on any atom is 0.0346 e. The van der Waals surface area contributed by atoms with E-state index in [0.29, 0.717) is 0 Å². The SMILES string of the molecule is c1cncc(-c2ccc3c(c2)CNCC3)c1. The van der Waals surface area contributed by atoms with E-state index in [-0.39, 0.29) is 0 Å². The topological polar surface area (TPSA) is 24.9 Å². The zero-order chi connectivity index (χ0) is 10.8. The fraction of sp³-hybridized carbons (Fsp3) is 0.214. The molecule has 1 aromatic heterocycles. The second kappa shape index (κ2) is 4.06. The van der Waals surface area contributed by atoms with Crippen molar-refractivity contribution in [1.29, 1.82) is 0 Å². The molecule has 0 fully saturated rings. The van der Waals surface area contributed by atoms with Gasteiger partial charge in [0.2, 0.25) is 0 Å². The number of hydrogen-bond acceptors (Lipinski definition) is 2. The van der Waals surface area contributed by atoms with Crippen LogP contribution in [0.15, 0.2) is 42.7 Å². The van der Waals surface area contributed by atoms with E-state index in [4.69, 9.17) is 0 Å². The van der Waals surface area contributed by atoms with Gasteiger partial charge in [0.05, 0.1) is 0 Å². The molecule has 2 heteroatoms. The zero-order valence-corrected chi connectivity index (χ0v) is 9.11. The molecule has 0 saturated carbocycles. The van der Waals surface area contributed by atoms with Gasteiger partial charge in [0.15, 0.2) is 0 Å². The Balaban J connectivity index is 2.03. The lowest BCUT2D eigenvalue weighted by Crippen LogP contribution is -2.23. The molecule has 0 saturated heterocycles. The fourth-order valence-corrected chi connectivity index (χ4v) is 2.19. The van der Waals surface area contributed by atoms with Crippen LogP contribution >= 0.6 is 0 Å². The van der Waals surface area contributed by atoms with Gasteiger partial charge < -0.3 is 5.32 Å². The third-order valence-electron chi connectivity index (χ3n) is 3.09. The number of hydrogen-bond donors (Lipinski definition) is 1. The van der Waals surface area contributed by atoms with Gasteiger partial charge in [0.25, 0.3) is 0 Å². The first kappa shape index (κ1) is 9.55. The quantitative estimate of drug-likeness (QED) is 0.781. The van der Waals surface area contributed by atoms with E-state index in [1.54, 1.807) is 0 Å². The second-order valence-corrected chi connectivity index (χ2v) is 4.15. The van der Waals surface area contributed by atoms with E-state index in [0.717, 1.165) is 19.5 Å². The summed E-state index contributed by atoms with van der Waals surface area (Å²) < 4.78 is 0. The van der Waals surface area contributed by atoms with Gasteiger partial charge in [-0.05, 0) is 47.4 Å². The van der Waals surface area contributed by atoms with Crippen molar-refractivity contribution in [1.82, 2.24) is 10.3 Å². The standard InChI is InChI=1S/C14H14N2/c1-2-13(9-15-6-1)12-4-3-11-5-7-16-10-14(11)8-12/h1-4,6,8-9,16H,5,7,10H2. The normalized spacial score (nSPS) is 14.5. The summed E-state index contributed by atoms with van der Waals surface area (Å²) in [5.41, 5.74) is 5.35. The highest BCUT2D eigenvalue weighted by Crippen LogP contribution is 2.23. The van der Waals surface area contributed by atoms with Crippen LogP contribution in [-0.4, -0.2) is 11.5 Å². The highest BCUT2D eigenvalue weighted by molar-refractivity contribution is 5.64. The molecule has 1 aliphatic rings. The Morgan fingerprint density at radius 3 is 2.94 bits per heavy atom. The molecule has 3 rings (SSSR count). The summed E-state index contributed by atoms with van der Waals surface area (Å²) in [6.07, 6.45) is 4.87. The Labute approximate surface area is 95.3 Å². The van der Waals surface area contributed by atoms with Gasteiger partial charge in [-0.15, -0.1) is 0 Å². The van der Waals surface area contributed by atoms with Crippen LogP contribution in [0.1, 0.15) is 11.1 Å². The summed E-state index contributed by atoms with van der Waals surface area (Å²) >= 11 is 0. The molecule has 0 atom stereocenters. The molecule has 0 amide bonds. The van der Waals surface area contributed by atoms with Gasteiger partial charge in [-0.2, -0.15) is 0 Å². The first-order chi connectivity index (χ1) is 7.93. The first-order valence-electron chi connectivity index (χ1n) is 5.66. The number of nitrogens with zero attached hydrogens (tertiary/aromatic N) is 1. The molecule has 1 aliphatic heterocycles. The molecule has 1 aromatic carbocycles. The summed E-state index contributed by atoms with van der Waals surface area (Å²) in [5.74, 6) is 0. The molecule has 0 spiro atoms. The molecule has 0 unspecified atom stereocenters. The summed E-state index contributed by atoms with van der Waals surface area (Å²) in [5, 5.41) is 3.40. The second-order valence-electron chi connectivity index (χ2n) is 4.15. The summed E-state index contributed by atoms with van der Waals surface area (Å²) in [7, 11) is 0. The highest BCUT2D eigenvalue weighted by Gasteiger charge is 2.09. The Morgan fingerprint density at radius 1 is 1.06 bits per heavy atom. The van der Waals surface area contributed by atoms with Gasteiger partial charge in [0.1, 0.15) is 0 Å². The molecule has 0 radical (unpaired) electrons. The average Bonchev–Trinajstić information content (AvgIpc) is 2.39. The van der Waals surface area contributed by atoms with Gasteiger partial charge in [-0.1, -0.05) is 18.2 Å². The zero-order valence-electron chi connectivity index (χ0n) is 9.11. The highest BCUT2D eigenvalue weighted by atomic mass is 14.9. The predicted molar refractivity (Wildman–Crippen MR) is 65.1 cm³/mol. The molecule has 1 N–H and O–H groups in total. The molecule has 0 aliphatic carbocycles. The minimum Gasteiger partial charge on any atom is -0.312 e. The average molecular weight is 210 g/mol. The molecule has 2 aromatic rings. The van der Waals surface area contributed by atoms with Crippen LogP contribution in [0.4, 0.5) is 0 Å². The Bertz CT molecular complexity index is 491. The maximum atomic E-state index is 4.16. The van der Waals surface area contributed by atoms with Crippen LogP contribution in [0.5, 0.6) is 0 Å². The van der Waals surface area contributed by atoms with E-state index in [1.165, 1.54) is 22.3 Å². The molecular formula is C14H14N2. The van der Waals surface area contributed by atoms with E-state index in [1.807, 2.05) is 18.5 Å². The lowest BCUT2D eigenvalue weighted by molar-refractivity contribution is 0.644. The molecule has 2 heterocycles. The first-order valence-corrected chi connectivity index (χ1v) is 5.66. The van der Waals surface area contributed by atoms with Crippen LogP contribution in [0.3, 0.4) is 0 Å². The van der Waals surface area contributed by atoms with Crippen LogP contribution < -0.4 is 5.32 Å². The summed E-state index contributed by atoms with van der Waals surface area (Å²) in [4.78, 5) is 4.16. The third kappa shape index (κ3) is 1.72. The van der Waals surface area contributed by atoms with E-state index < -0.39 is 0 Å². The third-order valence-corrected chi connectivity index (χ3v) is 3.09. The Morgan fingerprint density at radius 2 is 2.06 bits per heavy atom. The monoisotopic (exact) mass is 210 g/mol. The van der Waals surface area contributed by atoms with Crippen molar-refractivity contribution in [3.63, 3.8) is 0 Å². The molecular weight excluding hydrogens is 196 g/mol. The van der Waals surface area contributed by atoms with Crippen LogP contribution in [0, 0.1) is 0 Å². The number of fused-ring (bicyclic) bond motifs is 1. The number of benzene rings is 1. The summed E-state index contributed by atoms with van der Waals surface area (Å²) in [6, 6.07) is 10.8. The van der Waals surface area contributed by atoms with E-state index >= 15 is 0 Å². The number of aromatic nitrogens is 1. The van der Waals surface area contributed by atoms with Crippen molar-refractivity contribution in [2.24, 2.45) is 0 Å². The van der Waals surface area contributed by atoms with Crippen molar-refractivity contribution >= 4 is 0 Å².